The van der Waals surface area contributed by atoms with Crippen molar-refractivity contribution in [3.63, 3.8) is 0 Å². The van der Waals surface area contributed by atoms with E-state index in [9.17, 15) is 4.79 Å². The van der Waals surface area contributed by atoms with E-state index in [4.69, 9.17) is 0 Å². The van der Waals surface area contributed by atoms with Crippen LogP contribution in [0.1, 0.15) is 18.1 Å². The van der Waals surface area contributed by atoms with E-state index in [0.717, 1.165) is 30.8 Å². The van der Waals surface area contributed by atoms with E-state index in [0.29, 0.717) is 6.42 Å². The summed E-state index contributed by atoms with van der Waals surface area (Å²) in [4.78, 5) is 11.1. The zero-order valence-corrected chi connectivity index (χ0v) is 8.97. The predicted octanol–water partition coefficient (Wildman–Crippen LogP) is 1.33. The molecule has 2 N–H and O–H groups in total. The average molecular weight is 204 g/mol. The Balaban J connectivity index is 2.03. The molecule has 2 rings (SSSR count). The molecular weight excluding hydrogens is 188 g/mol. The fraction of sp³-hybridized carbons (Fsp3) is 0.417. The smallest absolute Gasteiger partial charge is 0.228 e. The standard InChI is InChI=1S/C12H16N2O/c1-2-13-6-5-9-3-4-11-10(7-9)8-12(15)14-11/h3-4,7,13H,2,5-6,8H2,1H3,(H,14,15). The monoisotopic (exact) mass is 204 g/mol. The largest absolute Gasteiger partial charge is 0.326 e. The molecule has 0 spiro atoms. The van der Waals surface area contributed by atoms with E-state index < -0.39 is 0 Å². The number of amides is 1. The van der Waals surface area contributed by atoms with Gasteiger partial charge in [0, 0.05) is 5.69 Å². The summed E-state index contributed by atoms with van der Waals surface area (Å²) in [6.45, 7) is 4.10. The molecule has 80 valence electrons. The van der Waals surface area contributed by atoms with E-state index in [1.165, 1.54) is 5.56 Å². The van der Waals surface area contributed by atoms with Gasteiger partial charge in [-0.25, -0.2) is 0 Å². The van der Waals surface area contributed by atoms with Gasteiger partial charge >= 0.3 is 0 Å². The maximum atomic E-state index is 11.1. The summed E-state index contributed by atoms with van der Waals surface area (Å²) in [7, 11) is 0. The number of nitrogens with one attached hydrogen (secondary N) is 2. The van der Waals surface area contributed by atoms with Crippen LogP contribution in [0, 0.1) is 0 Å². The molecule has 0 bridgehead atoms. The summed E-state index contributed by atoms with van der Waals surface area (Å²) in [6.07, 6.45) is 1.56. The summed E-state index contributed by atoms with van der Waals surface area (Å²) in [5.41, 5.74) is 3.41. The Bertz CT molecular complexity index is 374. The minimum Gasteiger partial charge on any atom is -0.326 e. The van der Waals surface area contributed by atoms with Crippen LogP contribution in [-0.4, -0.2) is 19.0 Å². The number of rotatable bonds is 4. The highest BCUT2D eigenvalue weighted by molar-refractivity contribution is 5.99. The topological polar surface area (TPSA) is 41.1 Å². The van der Waals surface area contributed by atoms with Crippen molar-refractivity contribution in [3.8, 4) is 0 Å². The summed E-state index contributed by atoms with van der Waals surface area (Å²) in [5, 5.41) is 6.13. The molecular formula is C12H16N2O. The third kappa shape index (κ3) is 2.36. The van der Waals surface area contributed by atoms with E-state index in [1.807, 2.05) is 6.07 Å². The normalized spacial score (nSPS) is 13.8. The van der Waals surface area contributed by atoms with Crippen LogP contribution in [0.5, 0.6) is 0 Å². The van der Waals surface area contributed by atoms with Crippen LogP contribution in [0.25, 0.3) is 0 Å². The number of carbonyl (C=O) groups excluding carboxylic acids is 1. The minimum absolute atomic E-state index is 0.105. The molecule has 0 unspecified atom stereocenters. The second kappa shape index (κ2) is 4.45. The predicted molar refractivity (Wildman–Crippen MR) is 61.0 cm³/mol. The molecule has 0 saturated carbocycles. The SMILES string of the molecule is CCNCCc1ccc2c(c1)CC(=O)N2. The van der Waals surface area contributed by atoms with E-state index in [-0.39, 0.29) is 5.91 Å². The van der Waals surface area contributed by atoms with Gasteiger partial charge in [0.2, 0.25) is 5.91 Å². The number of anilines is 1. The number of fused-ring (bicyclic) bond motifs is 1. The molecule has 1 aliphatic heterocycles. The Morgan fingerprint density at radius 3 is 3.13 bits per heavy atom. The van der Waals surface area contributed by atoms with Gasteiger partial charge in [0.25, 0.3) is 0 Å². The van der Waals surface area contributed by atoms with Crippen molar-refractivity contribution in [2.45, 2.75) is 19.8 Å². The van der Waals surface area contributed by atoms with Crippen LogP contribution in [-0.2, 0) is 17.6 Å². The third-order valence-corrected chi connectivity index (χ3v) is 2.64. The fourth-order valence-corrected chi connectivity index (χ4v) is 1.85. The first-order valence-electron chi connectivity index (χ1n) is 5.42. The molecule has 0 radical (unpaired) electrons. The van der Waals surface area contributed by atoms with Crippen molar-refractivity contribution in [2.24, 2.45) is 0 Å². The summed E-state index contributed by atoms with van der Waals surface area (Å²) in [5.74, 6) is 0.105. The lowest BCUT2D eigenvalue weighted by Gasteiger charge is -2.04. The molecule has 1 aromatic rings. The molecule has 3 heteroatoms. The van der Waals surface area contributed by atoms with Gasteiger partial charge < -0.3 is 10.6 Å². The van der Waals surface area contributed by atoms with E-state index >= 15 is 0 Å². The Hall–Kier alpha value is -1.35. The first-order chi connectivity index (χ1) is 7.29. The third-order valence-electron chi connectivity index (χ3n) is 2.64. The van der Waals surface area contributed by atoms with Gasteiger partial charge in [-0.1, -0.05) is 19.1 Å². The van der Waals surface area contributed by atoms with Crippen molar-refractivity contribution >= 4 is 11.6 Å². The van der Waals surface area contributed by atoms with Gasteiger partial charge in [-0.05, 0) is 36.7 Å². The number of carbonyl (C=O) groups is 1. The highest BCUT2D eigenvalue weighted by Crippen LogP contribution is 2.23. The van der Waals surface area contributed by atoms with Gasteiger partial charge in [-0.3, -0.25) is 4.79 Å². The van der Waals surface area contributed by atoms with Crippen LogP contribution in [0.4, 0.5) is 5.69 Å². The Labute approximate surface area is 89.9 Å². The first-order valence-corrected chi connectivity index (χ1v) is 5.42. The van der Waals surface area contributed by atoms with Gasteiger partial charge in [0.05, 0.1) is 6.42 Å². The first kappa shape index (κ1) is 10.2. The number of likely N-dealkylation sites (N-methyl/N-ethyl adjacent to an activating group) is 1. The van der Waals surface area contributed by atoms with Gasteiger partial charge in [0.1, 0.15) is 0 Å². The lowest BCUT2D eigenvalue weighted by atomic mass is 10.1. The second-order valence-electron chi connectivity index (χ2n) is 3.82. The molecule has 0 fully saturated rings. The van der Waals surface area contributed by atoms with Crippen molar-refractivity contribution in [1.82, 2.24) is 5.32 Å². The van der Waals surface area contributed by atoms with E-state index in [1.54, 1.807) is 0 Å². The quantitative estimate of drug-likeness (QED) is 0.726. The Kier molecular flexibility index (Phi) is 3.02. The molecule has 1 amide bonds. The number of benzene rings is 1. The molecule has 0 aliphatic carbocycles. The Morgan fingerprint density at radius 2 is 2.33 bits per heavy atom. The van der Waals surface area contributed by atoms with Crippen molar-refractivity contribution in [1.29, 1.82) is 0 Å². The molecule has 15 heavy (non-hydrogen) atoms. The summed E-state index contributed by atoms with van der Waals surface area (Å²) < 4.78 is 0. The second-order valence-corrected chi connectivity index (χ2v) is 3.82. The number of hydrogen-bond donors (Lipinski definition) is 2. The average Bonchev–Trinajstić information content (AvgIpc) is 2.57. The molecule has 1 aliphatic rings. The number of hydrogen-bond acceptors (Lipinski definition) is 2. The van der Waals surface area contributed by atoms with Crippen LogP contribution in [0.15, 0.2) is 18.2 Å². The van der Waals surface area contributed by atoms with Crippen molar-refractivity contribution in [2.75, 3.05) is 18.4 Å². The maximum Gasteiger partial charge on any atom is 0.228 e. The van der Waals surface area contributed by atoms with Crippen LogP contribution < -0.4 is 10.6 Å². The maximum absolute atomic E-state index is 11.1. The van der Waals surface area contributed by atoms with Crippen LogP contribution in [0.2, 0.25) is 0 Å². The van der Waals surface area contributed by atoms with Crippen LogP contribution >= 0.6 is 0 Å². The minimum atomic E-state index is 0.105. The van der Waals surface area contributed by atoms with Crippen molar-refractivity contribution < 1.29 is 4.79 Å². The molecule has 1 aromatic carbocycles. The molecule has 0 atom stereocenters. The molecule has 0 saturated heterocycles. The molecule has 1 heterocycles. The van der Waals surface area contributed by atoms with Gasteiger partial charge in [0.15, 0.2) is 0 Å². The molecule has 0 aromatic heterocycles. The summed E-state index contributed by atoms with van der Waals surface area (Å²) in [6, 6.07) is 6.22. The molecule has 3 nitrogen and oxygen atoms in total. The Morgan fingerprint density at radius 1 is 1.47 bits per heavy atom. The lowest BCUT2D eigenvalue weighted by molar-refractivity contribution is -0.115. The van der Waals surface area contributed by atoms with E-state index in [2.05, 4.69) is 29.7 Å². The van der Waals surface area contributed by atoms with Crippen molar-refractivity contribution in [3.05, 3.63) is 29.3 Å². The lowest BCUT2D eigenvalue weighted by Crippen LogP contribution is -2.16. The van der Waals surface area contributed by atoms with Gasteiger partial charge in [-0.2, -0.15) is 0 Å². The summed E-state index contributed by atoms with van der Waals surface area (Å²) >= 11 is 0. The van der Waals surface area contributed by atoms with Crippen LogP contribution in [0.3, 0.4) is 0 Å². The zero-order chi connectivity index (χ0) is 10.7. The highest BCUT2D eigenvalue weighted by atomic mass is 16.1. The zero-order valence-electron chi connectivity index (χ0n) is 8.97. The van der Waals surface area contributed by atoms with Gasteiger partial charge in [-0.15, -0.1) is 0 Å². The fourth-order valence-electron chi connectivity index (χ4n) is 1.85. The highest BCUT2D eigenvalue weighted by Gasteiger charge is 2.16.